The second-order valence-corrected chi connectivity index (χ2v) is 8.39. The molecule has 1 aliphatic rings. The van der Waals surface area contributed by atoms with Gasteiger partial charge in [0, 0.05) is 6.07 Å². The summed E-state index contributed by atoms with van der Waals surface area (Å²) < 4.78 is 10.2. The van der Waals surface area contributed by atoms with Crippen molar-refractivity contribution in [3.63, 3.8) is 0 Å². The Balaban J connectivity index is 2.56. The van der Waals surface area contributed by atoms with E-state index in [2.05, 4.69) is 15.9 Å². The maximum atomic E-state index is 13.2. The molecule has 1 aliphatic heterocycles. The highest BCUT2D eigenvalue weighted by atomic mass is 79.9. The van der Waals surface area contributed by atoms with E-state index in [1.54, 1.807) is 44.2 Å². The van der Waals surface area contributed by atoms with Gasteiger partial charge in [0.2, 0.25) is 0 Å². The van der Waals surface area contributed by atoms with E-state index in [1.165, 1.54) is 6.07 Å². The highest BCUT2D eigenvalue weighted by molar-refractivity contribution is 9.10. The van der Waals surface area contributed by atoms with Crippen LogP contribution in [0.2, 0.25) is 0 Å². The molecule has 0 spiro atoms. The van der Waals surface area contributed by atoms with Gasteiger partial charge in [-0.25, -0.2) is 9.59 Å². The number of esters is 2. The van der Waals surface area contributed by atoms with Crippen LogP contribution in [0.3, 0.4) is 0 Å². The molecule has 0 saturated heterocycles. The van der Waals surface area contributed by atoms with Crippen molar-refractivity contribution in [3.8, 4) is 6.07 Å². The van der Waals surface area contributed by atoms with Crippen molar-refractivity contribution in [2.24, 2.45) is 5.73 Å². The Morgan fingerprint density at radius 1 is 1.17 bits per heavy atom. The molecule has 0 amide bonds. The summed E-state index contributed by atoms with van der Waals surface area (Å²) in [6.45, 7) is 3.41. The van der Waals surface area contributed by atoms with Gasteiger partial charge in [-0.05, 0) is 46.5 Å². The fourth-order valence-corrected chi connectivity index (χ4v) is 4.64. The largest absolute Gasteiger partial charge is 0.466 e. The lowest BCUT2D eigenvalue weighted by molar-refractivity contribution is -0.384. The standard InChI is InChI=1S/C24H21BrN4O6/c1-12-10-16(29(32)33)20(19(25)13(12)2)28-21(24(31)35-4)18(23(30)34-3)17(15(11-26)22(28)27)14-8-6-5-7-9-14/h5-10,17H,27H2,1-4H3. The van der Waals surface area contributed by atoms with Crippen LogP contribution in [0.1, 0.15) is 22.6 Å². The van der Waals surface area contributed by atoms with Crippen LogP contribution in [0.5, 0.6) is 0 Å². The number of anilines is 1. The number of hydrogen-bond acceptors (Lipinski definition) is 9. The highest BCUT2D eigenvalue weighted by Crippen LogP contribution is 2.48. The predicted molar refractivity (Wildman–Crippen MR) is 130 cm³/mol. The Hall–Kier alpha value is -4.17. The Kier molecular flexibility index (Phi) is 7.26. The molecule has 2 N–H and O–H groups in total. The first-order chi connectivity index (χ1) is 16.6. The maximum absolute atomic E-state index is 13.2. The third kappa shape index (κ3) is 4.24. The third-order valence-electron chi connectivity index (χ3n) is 5.76. The van der Waals surface area contributed by atoms with E-state index in [-0.39, 0.29) is 27.1 Å². The average Bonchev–Trinajstić information content (AvgIpc) is 2.86. The average molecular weight is 541 g/mol. The van der Waals surface area contributed by atoms with Gasteiger partial charge < -0.3 is 15.2 Å². The van der Waals surface area contributed by atoms with Crippen molar-refractivity contribution < 1.29 is 24.0 Å². The van der Waals surface area contributed by atoms with Crippen LogP contribution in [0.15, 0.2) is 63.5 Å². The summed E-state index contributed by atoms with van der Waals surface area (Å²) in [6.07, 6.45) is 0. The summed E-state index contributed by atoms with van der Waals surface area (Å²) in [6, 6.07) is 11.8. The van der Waals surface area contributed by atoms with Crippen molar-refractivity contribution in [1.82, 2.24) is 0 Å². The molecule has 2 aromatic rings. The molecule has 11 heteroatoms. The second-order valence-electron chi connectivity index (χ2n) is 7.59. The summed E-state index contributed by atoms with van der Waals surface area (Å²) in [5.74, 6) is -3.26. The van der Waals surface area contributed by atoms with E-state index in [9.17, 15) is 25.0 Å². The molecule has 2 aromatic carbocycles. The number of nitro groups is 1. The first kappa shape index (κ1) is 25.5. The van der Waals surface area contributed by atoms with E-state index in [1.807, 2.05) is 6.07 Å². The van der Waals surface area contributed by atoms with Crippen LogP contribution < -0.4 is 10.6 Å². The van der Waals surface area contributed by atoms with E-state index in [4.69, 9.17) is 15.2 Å². The molecule has 0 fully saturated rings. The number of nitro benzene ring substituents is 1. The molecular weight excluding hydrogens is 520 g/mol. The van der Waals surface area contributed by atoms with Crippen LogP contribution >= 0.6 is 15.9 Å². The number of hydrogen-bond donors (Lipinski definition) is 1. The van der Waals surface area contributed by atoms with Crippen molar-refractivity contribution in [3.05, 3.63) is 90.3 Å². The fourth-order valence-electron chi connectivity index (χ4n) is 3.94. The Labute approximate surface area is 209 Å². The lowest BCUT2D eigenvalue weighted by Crippen LogP contribution is -2.41. The predicted octanol–water partition coefficient (Wildman–Crippen LogP) is 3.87. The first-order valence-corrected chi connectivity index (χ1v) is 11.0. The number of carbonyl (C=O) groups excluding carboxylic acids is 2. The first-order valence-electron chi connectivity index (χ1n) is 10.2. The number of nitriles is 1. The molecule has 35 heavy (non-hydrogen) atoms. The molecule has 3 rings (SSSR count). The Morgan fingerprint density at radius 2 is 1.77 bits per heavy atom. The number of halogens is 1. The lowest BCUT2D eigenvalue weighted by Gasteiger charge is -2.36. The maximum Gasteiger partial charge on any atom is 0.355 e. The molecule has 0 radical (unpaired) electrons. The summed E-state index contributed by atoms with van der Waals surface area (Å²) >= 11 is 3.39. The minimum atomic E-state index is -1.08. The van der Waals surface area contributed by atoms with Gasteiger partial charge in [-0.1, -0.05) is 30.3 Å². The lowest BCUT2D eigenvalue weighted by atomic mass is 9.80. The van der Waals surface area contributed by atoms with Gasteiger partial charge in [0.05, 0.1) is 46.7 Å². The molecule has 0 bridgehead atoms. The fraction of sp³-hybridized carbons (Fsp3) is 0.208. The van der Waals surface area contributed by atoms with E-state index in [0.29, 0.717) is 16.7 Å². The molecule has 180 valence electrons. The zero-order chi connectivity index (χ0) is 26.0. The van der Waals surface area contributed by atoms with Gasteiger partial charge in [-0.2, -0.15) is 5.26 Å². The number of aryl methyl sites for hydroxylation is 1. The highest BCUT2D eigenvalue weighted by Gasteiger charge is 2.45. The van der Waals surface area contributed by atoms with Gasteiger partial charge in [0.25, 0.3) is 5.69 Å². The summed E-state index contributed by atoms with van der Waals surface area (Å²) in [5, 5.41) is 22.2. The second kappa shape index (κ2) is 9.99. The monoisotopic (exact) mass is 540 g/mol. The van der Waals surface area contributed by atoms with Gasteiger partial charge in [-0.15, -0.1) is 0 Å². The number of methoxy groups -OCH3 is 2. The zero-order valence-electron chi connectivity index (χ0n) is 19.3. The minimum absolute atomic E-state index is 0.0938. The van der Waals surface area contributed by atoms with Crippen molar-refractivity contribution in [1.29, 1.82) is 5.26 Å². The van der Waals surface area contributed by atoms with Crippen molar-refractivity contribution in [2.75, 3.05) is 19.1 Å². The molecule has 0 aliphatic carbocycles. The summed E-state index contributed by atoms with van der Waals surface area (Å²) in [4.78, 5) is 38.7. The third-order valence-corrected chi connectivity index (χ3v) is 6.73. The normalized spacial score (nSPS) is 15.5. The number of nitrogens with two attached hydrogens (primary N) is 1. The molecule has 1 atom stereocenters. The number of nitrogens with zero attached hydrogens (tertiary/aromatic N) is 3. The van der Waals surface area contributed by atoms with E-state index in [0.717, 1.165) is 19.1 Å². The molecule has 0 aromatic heterocycles. The van der Waals surface area contributed by atoms with Crippen molar-refractivity contribution in [2.45, 2.75) is 19.8 Å². The minimum Gasteiger partial charge on any atom is -0.466 e. The van der Waals surface area contributed by atoms with Crippen LogP contribution in [0.25, 0.3) is 0 Å². The molecule has 1 heterocycles. The molecular formula is C24H21BrN4O6. The topological polar surface area (TPSA) is 149 Å². The number of rotatable bonds is 5. The Bertz CT molecular complexity index is 1340. The van der Waals surface area contributed by atoms with Crippen LogP contribution in [0, 0.1) is 35.3 Å². The number of benzene rings is 2. The SMILES string of the molecule is COC(=O)C1=C(C(=O)OC)N(c2c([N+](=O)[O-])cc(C)c(C)c2Br)C(N)=C(C#N)C1c1ccccc1. The smallest absolute Gasteiger partial charge is 0.355 e. The molecule has 1 unspecified atom stereocenters. The van der Waals surface area contributed by atoms with Gasteiger partial charge in [-0.3, -0.25) is 15.0 Å². The van der Waals surface area contributed by atoms with Crippen LogP contribution in [0.4, 0.5) is 11.4 Å². The molecule has 0 saturated carbocycles. The summed E-state index contributed by atoms with van der Waals surface area (Å²) in [5.41, 5.74) is 6.92. The van der Waals surface area contributed by atoms with Crippen molar-refractivity contribution >= 4 is 39.2 Å². The van der Waals surface area contributed by atoms with Gasteiger partial charge in [0.15, 0.2) is 0 Å². The summed E-state index contributed by atoms with van der Waals surface area (Å²) in [7, 11) is 2.22. The van der Waals surface area contributed by atoms with Crippen LogP contribution in [-0.2, 0) is 19.1 Å². The Morgan fingerprint density at radius 3 is 2.29 bits per heavy atom. The zero-order valence-corrected chi connectivity index (χ0v) is 20.9. The van der Waals surface area contributed by atoms with E-state index < -0.39 is 34.2 Å². The number of allylic oxidation sites excluding steroid dienone is 1. The van der Waals surface area contributed by atoms with Gasteiger partial charge in [0.1, 0.15) is 17.2 Å². The quantitative estimate of drug-likeness (QED) is 0.338. The number of carbonyl (C=O) groups is 2. The van der Waals surface area contributed by atoms with Crippen LogP contribution in [-0.4, -0.2) is 31.1 Å². The number of ether oxygens (including phenoxy) is 2. The van der Waals surface area contributed by atoms with Gasteiger partial charge >= 0.3 is 11.9 Å². The van der Waals surface area contributed by atoms with E-state index >= 15 is 0 Å². The molecule has 10 nitrogen and oxygen atoms in total.